The first kappa shape index (κ1) is 18.4. The Hall–Kier alpha value is -2.40. The van der Waals surface area contributed by atoms with Gasteiger partial charge in [0.15, 0.2) is 0 Å². The summed E-state index contributed by atoms with van der Waals surface area (Å²) in [6, 6.07) is 11.3. The molecule has 6 heteroatoms. The second-order valence-electron chi connectivity index (χ2n) is 6.62. The van der Waals surface area contributed by atoms with Crippen molar-refractivity contribution in [2.45, 2.75) is 19.4 Å². The van der Waals surface area contributed by atoms with Crippen molar-refractivity contribution in [1.29, 1.82) is 0 Å². The first-order valence-corrected chi connectivity index (χ1v) is 9.09. The molecule has 0 spiro atoms. The monoisotopic (exact) mass is 371 g/mol. The zero-order valence-corrected chi connectivity index (χ0v) is 15.4. The van der Waals surface area contributed by atoms with Gasteiger partial charge >= 0.3 is 0 Å². The molecule has 26 heavy (non-hydrogen) atoms. The number of amides is 2. The zero-order chi connectivity index (χ0) is 18.5. The highest BCUT2D eigenvalue weighted by Crippen LogP contribution is 2.40. The molecule has 0 bridgehead atoms. The zero-order valence-electron chi connectivity index (χ0n) is 14.7. The Bertz CT molecular complexity index is 782. The molecule has 2 atom stereocenters. The normalized spacial score (nSPS) is 18.2. The summed E-state index contributed by atoms with van der Waals surface area (Å²) in [4.78, 5) is 30.5. The maximum absolute atomic E-state index is 12.5. The number of nitrogens with one attached hydrogen (secondary N) is 1. The lowest BCUT2D eigenvalue weighted by atomic mass is 10.2. The van der Waals surface area contributed by atoms with E-state index in [9.17, 15) is 9.59 Å². The molecule has 1 heterocycles. The molecule has 5 nitrogen and oxygen atoms in total. The average Bonchev–Trinajstić information content (AvgIpc) is 3.46. The number of nitrogens with zero attached hydrogens (tertiary/aromatic N) is 2. The van der Waals surface area contributed by atoms with Crippen LogP contribution < -0.4 is 5.32 Å². The van der Waals surface area contributed by atoms with E-state index >= 15 is 0 Å². The van der Waals surface area contributed by atoms with E-state index in [0.29, 0.717) is 24.5 Å². The molecule has 0 radical (unpaired) electrons. The summed E-state index contributed by atoms with van der Waals surface area (Å²) >= 11 is 6.09. The van der Waals surface area contributed by atoms with Crippen LogP contribution in [0.15, 0.2) is 48.8 Å². The summed E-state index contributed by atoms with van der Waals surface area (Å²) in [6.07, 6.45) is 4.89. The summed E-state index contributed by atoms with van der Waals surface area (Å²) < 4.78 is 0. The summed E-state index contributed by atoms with van der Waals surface area (Å²) in [5.41, 5.74) is 2.02. The third-order valence-electron chi connectivity index (χ3n) is 4.72. The van der Waals surface area contributed by atoms with Crippen LogP contribution in [0.4, 0.5) is 0 Å². The first-order chi connectivity index (χ1) is 12.6. The van der Waals surface area contributed by atoms with Crippen molar-refractivity contribution in [2.24, 2.45) is 11.8 Å². The van der Waals surface area contributed by atoms with E-state index in [1.165, 1.54) is 0 Å². The van der Waals surface area contributed by atoms with Gasteiger partial charge in [0.25, 0.3) is 0 Å². The van der Waals surface area contributed by atoms with Crippen LogP contribution >= 0.6 is 11.6 Å². The van der Waals surface area contributed by atoms with E-state index in [1.807, 2.05) is 30.3 Å². The molecular weight excluding hydrogens is 350 g/mol. The lowest BCUT2D eigenvalue weighted by molar-refractivity contribution is -0.133. The van der Waals surface area contributed by atoms with Crippen LogP contribution in [0.1, 0.15) is 17.5 Å². The largest absolute Gasteiger partial charge is 0.352 e. The molecule has 0 aliphatic heterocycles. The van der Waals surface area contributed by atoms with Crippen LogP contribution in [0.25, 0.3) is 0 Å². The topological polar surface area (TPSA) is 62.3 Å². The standard InChI is InChI=1S/C20H22ClN3O2/c1-24(11-8-14-6-9-22-10-7-14)20(26)17-12-16(17)19(25)23-13-15-4-2-3-5-18(15)21/h2-7,9-10,16-17H,8,11-13H2,1H3,(H,23,25). The fraction of sp³-hybridized carbons (Fsp3) is 0.350. The Balaban J connectivity index is 1.44. The van der Waals surface area contributed by atoms with Crippen molar-refractivity contribution in [3.63, 3.8) is 0 Å². The number of hydrogen-bond donors (Lipinski definition) is 1. The third kappa shape index (κ3) is 4.61. The Morgan fingerprint density at radius 3 is 2.65 bits per heavy atom. The van der Waals surface area contributed by atoms with E-state index in [2.05, 4.69) is 10.3 Å². The van der Waals surface area contributed by atoms with E-state index in [4.69, 9.17) is 11.6 Å². The minimum atomic E-state index is -0.228. The molecule has 3 rings (SSSR count). The summed E-state index contributed by atoms with van der Waals surface area (Å²) in [5, 5.41) is 3.51. The number of carbonyl (C=O) groups excluding carboxylic acids is 2. The van der Waals surface area contributed by atoms with Crippen LogP contribution in [0.5, 0.6) is 0 Å². The van der Waals surface area contributed by atoms with Gasteiger partial charge < -0.3 is 10.2 Å². The van der Waals surface area contributed by atoms with Gasteiger partial charge in [-0.1, -0.05) is 29.8 Å². The van der Waals surface area contributed by atoms with E-state index in [1.54, 1.807) is 30.4 Å². The predicted molar refractivity (Wildman–Crippen MR) is 100 cm³/mol. The summed E-state index contributed by atoms with van der Waals surface area (Å²) in [7, 11) is 1.79. The molecule has 1 saturated carbocycles. The molecule has 1 fully saturated rings. The quantitative estimate of drug-likeness (QED) is 0.814. The highest BCUT2D eigenvalue weighted by molar-refractivity contribution is 6.31. The number of pyridine rings is 1. The lowest BCUT2D eigenvalue weighted by Gasteiger charge is -2.17. The maximum Gasteiger partial charge on any atom is 0.226 e. The fourth-order valence-electron chi connectivity index (χ4n) is 2.95. The number of likely N-dealkylation sites (N-methyl/N-ethyl adjacent to an activating group) is 1. The van der Waals surface area contributed by atoms with Gasteiger partial charge in [0.2, 0.25) is 11.8 Å². The molecular formula is C20H22ClN3O2. The minimum absolute atomic E-state index is 0.0388. The van der Waals surface area contributed by atoms with Crippen molar-refractivity contribution < 1.29 is 9.59 Å². The van der Waals surface area contributed by atoms with Gasteiger partial charge in [0.1, 0.15) is 0 Å². The fourth-order valence-corrected chi connectivity index (χ4v) is 3.15. The molecule has 1 aliphatic rings. The van der Waals surface area contributed by atoms with Crippen LogP contribution in [0.3, 0.4) is 0 Å². The highest BCUT2D eigenvalue weighted by Gasteiger charge is 2.48. The maximum atomic E-state index is 12.5. The molecule has 1 aromatic carbocycles. The van der Waals surface area contributed by atoms with E-state index < -0.39 is 0 Å². The third-order valence-corrected chi connectivity index (χ3v) is 5.09. The van der Waals surface area contributed by atoms with Gasteiger partial charge in [-0.2, -0.15) is 0 Å². The Labute approximate surface area is 158 Å². The molecule has 2 amide bonds. The van der Waals surface area contributed by atoms with Crippen molar-refractivity contribution in [3.8, 4) is 0 Å². The van der Waals surface area contributed by atoms with Crippen LogP contribution in [-0.2, 0) is 22.6 Å². The predicted octanol–water partition coefficient (Wildman–Crippen LogP) is 2.69. The van der Waals surface area contributed by atoms with Gasteiger partial charge in [-0.05, 0) is 42.2 Å². The SMILES string of the molecule is CN(CCc1ccncc1)C(=O)C1CC1C(=O)NCc1ccccc1Cl. The Morgan fingerprint density at radius 2 is 1.92 bits per heavy atom. The molecule has 2 unspecified atom stereocenters. The minimum Gasteiger partial charge on any atom is -0.352 e. The summed E-state index contributed by atoms with van der Waals surface area (Å²) in [6.45, 7) is 1.01. The second kappa shape index (κ2) is 8.32. The first-order valence-electron chi connectivity index (χ1n) is 8.71. The highest BCUT2D eigenvalue weighted by atomic mass is 35.5. The van der Waals surface area contributed by atoms with Gasteiger partial charge in [-0.25, -0.2) is 0 Å². The number of rotatable bonds is 7. The molecule has 1 aromatic heterocycles. The molecule has 1 aliphatic carbocycles. The Kier molecular flexibility index (Phi) is 5.89. The number of aromatic nitrogens is 1. The second-order valence-corrected chi connectivity index (χ2v) is 7.03. The summed E-state index contributed by atoms with van der Waals surface area (Å²) in [5.74, 6) is -0.472. The molecule has 0 saturated heterocycles. The van der Waals surface area contributed by atoms with Crippen molar-refractivity contribution in [1.82, 2.24) is 15.2 Å². The number of hydrogen-bond acceptors (Lipinski definition) is 3. The van der Waals surface area contributed by atoms with Gasteiger partial charge in [-0.3, -0.25) is 14.6 Å². The van der Waals surface area contributed by atoms with E-state index in [0.717, 1.165) is 17.5 Å². The van der Waals surface area contributed by atoms with Crippen molar-refractivity contribution >= 4 is 23.4 Å². The van der Waals surface area contributed by atoms with Crippen LogP contribution in [0.2, 0.25) is 5.02 Å². The number of halogens is 1. The Morgan fingerprint density at radius 1 is 1.19 bits per heavy atom. The van der Waals surface area contributed by atoms with E-state index in [-0.39, 0.29) is 23.7 Å². The smallest absolute Gasteiger partial charge is 0.226 e. The number of carbonyl (C=O) groups is 2. The van der Waals surface area contributed by atoms with Crippen LogP contribution in [0, 0.1) is 11.8 Å². The number of benzene rings is 1. The molecule has 1 N–H and O–H groups in total. The van der Waals surface area contributed by atoms with Gasteiger partial charge in [0.05, 0.1) is 11.8 Å². The van der Waals surface area contributed by atoms with Gasteiger partial charge in [0, 0.05) is 37.6 Å². The van der Waals surface area contributed by atoms with Crippen molar-refractivity contribution in [2.75, 3.05) is 13.6 Å². The van der Waals surface area contributed by atoms with Crippen LogP contribution in [-0.4, -0.2) is 35.3 Å². The lowest BCUT2D eigenvalue weighted by Crippen LogP contribution is -2.32. The van der Waals surface area contributed by atoms with Crippen molar-refractivity contribution in [3.05, 3.63) is 64.9 Å². The molecule has 2 aromatic rings. The van der Waals surface area contributed by atoms with Gasteiger partial charge in [-0.15, -0.1) is 0 Å². The molecule has 136 valence electrons. The average molecular weight is 372 g/mol.